The van der Waals surface area contributed by atoms with Crippen LogP contribution in [-0.2, 0) is 0 Å². The molecule has 1 rings (SSSR count). The fourth-order valence-electron chi connectivity index (χ4n) is 1.23. The van der Waals surface area contributed by atoms with Crippen LogP contribution in [0.3, 0.4) is 0 Å². The zero-order valence-electron chi connectivity index (χ0n) is 8.86. The van der Waals surface area contributed by atoms with Crippen LogP contribution in [0.1, 0.15) is 18.6 Å². The van der Waals surface area contributed by atoms with Gasteiger partial charge in [0, 0.05) is 11.6 Å². The third-order valence-electron chi connectivity index (χ3n) is 1.98. The molecular formula is C12H14O3. The van der Waals surface area contributed by atoms with E-state index >= 15 is 0 Å². The molecule has 1 aromatic rings. The Morgan fingerprint density at radius 3 is 2.80 bits per heavy atom. The van der Waals surface area contributed by atoms with Gasteiger partial charge in [-0.1, -0.05) is 5.92 Å². The van der Waals surface area contributed by atoms with E-state index in [1.54, 1.807) is 32.2 Å². The molecule has 3 heteroatoms. The van der Waals surface area contributed by atoms with Crippen molar-refractivity contribution in [1.82, 2.24) is 0 Å². The fraction of sp³-hybridized carbons (Fsp3) is 0.333. The van der Waals surface area contributed by atoms with Crippen molar-refractivity contribution >= 4 is 0 Å². The van der Waals surface area contributed by atoms with E-state index in [2.05, 4.69) is 5.92 Å². The summed E-state index contributed by atoms with van der Waals surface area (Å²) in [5, 5.41) is 9.49. The molecule has 0 aliphatic heterocycles. The lowest BCUT2D eigenvalue weighted by molar-refractivity contribution is 0.193. The normalized spacial score (nSPS) is 11.6. The van der Waals surface area contributed by atoms with Gasteiger partial charge in [-0.15, -0.1) is 6.42 Å². The van der Waals surface area contributed by atoms with Crippen LogP contribution in [0.15, 0.2) is 18.2 Å². The number of ether oxygens (including phenoxy) is 2. The lowest BCUT2D eigenvalue weighted by atomic mass is 10.1. The Balaban J connectivity index is 3.00. The monoisotopic (exact) mass is 206 g/mol. The van der Waals surface area contributed by atoms with Gasteiger partial charge in [-0.2, -0.15) is 0 Å². The summed E-state index contributed by atoms with van der Waals surface area (Å²) >= 11 is 0. The van der Waals surface area contributed by atoms with Crippen molar-refractivity contribution in [2.45, 2.75) is 13.0 Å². The number of benzene rings is 1. The second-order valence-corrected chi connectivity index (χ2v) is 3.07. The summed E-state index contributed by atoms with van der Waals surface area (Å²) in [4.78, 5) is 0. The van der Waals surface area contributed by atoms with E-state index in [0.717, 1.165) is 0 Å². The van der Waals surface area contributed by atoms with Crippen molar-refractivity contribution < 1.29 is 14.6 Å². The molecule has 1 N–H and O–H groups in total. The fourth-order valence-corrected chi connectivity index (χ4v) is 1.23. The van der Waals surface area contributed by atoms with Gasteiger partial charge in [-0.05, 0) is 19.1 Å². The van der Waals surface area contributed by atoms with Crippen molar-refractivity contribution in [1.29, 1.82) is 0 Å². The van der Waals surface area contributed by atoms with Crippen LogP contribution in [0.2, 0.25) is 0 Å². The molecule has 0 radical (unpaired) electrons. The second-order valence-electron chi connectivity index (χ2n) is 3.07. The first-order valence-corrected chi connectivity index (χ1v) is 4.61. The molecule has 0 fully saturated rings. The Labute approximate surface area is 89.6 Å². The van der Waals surface area contributed by atoms with Gasteiger partial charge in [0.1, 0.15) is 18.1 Å². The largest absolute Gasteiger partial charge is 0.497 e. The summed E-state index contributed by atoms with van der Waals surface area (Å²) in [5.41, 5.74) is 0.700. The summed E-state index contributed by atoms with van der Waals surface area (Å²) in [6, 6.07) is 5.24. The van der Waals surface area contributed by atoms with Crippen molar-refractivity contribution in [3.05, 3.63) is 23.8 Å². The molecule has 0 saturated heterocycles. The Morgan fingerprint density at radius 2 is 2.27 bits per heavy atom. The number of aliphatic hydroxyl groups excluding tert-OH is 1. The van der Waals surface area contributed by atoms with Crippen molar-refractivity contribution in [3.8, 4) is 23.8 Å². The summed E-state index contributed by atoms with van der Waals surface area (Å²) < 4.78 is 10.4. The number of aliphatic hydroxyl groups is 1. The summed E-state index contributed by atoms with van der Waals surface area (Å²) in [6.45, 7) is 1.84. The first kappa shape index (κ1) is 11.4. The highest BCUT2D eigenvalue weighted by atomic mass is 16.5. The van der Waals surface area contributed by atoms with Crippen molar-refractivity contribution in [2.24, 2.45) is 0 Å². The summed E-state index contributed by atoms with van der Waals surface area (Å²) in [7, 11) is 1.57. The highest BCUT2D eigenvalue weighted by Gasteiger charge is 2.10. The molecule has 80 valence electrons. The smallest absolute Gasteiger partial charge is 0.148 e. The lowest BCUT2D eigenvalue weighted by Crippen LogP contribution is -2.01. The molecule has 15 heavy (non-hydrogen) atoms. The topological polar surface area (TPSA) is 38.7 Å². The minimum absolute atomic E-state index is 0.173. The molecule has 3 nitrogen and oxygen atoms in total. The summed E-state index contributed by atoms with van der Waals surface area (Å²) in [6.07, 6.45) is 4.51. The standard InChI is InChI=1S/C12H14O3/c1-4-7-15-12-8-10(14-3)5-6-11(12)9(2)13/h1,5-6,8-9,13H,7H2,2-3H3/t9-/m1/s1. The van der Waals surface area contributed by atoms with Crippen molar-refractivity contribution in [2.75, 3.05) is 13.7 Å². The molecule has 0 saturated carbocycles. The van der Waals surface area contributed by atoms with Crippen LogP contribution >= 0.6 is 0 Å². The van der Waals surface area contributed by atoms with Gasteiger partial charge in [0.15, 0.2) is 0 Å². The Bertz CT molecular complexity index is 364. The van der Waals surface area contributed by atoms with Gasteiger partial charge in [-0.25, -0.2) is 0 Å². The first-order valence-electron chi connectivity index (χ1n) is 4.61. The molecule has 1 aromatic carbocycles. The number of rotatable bonds is 4. The van der Waals surface area contributed by atoms with E-state index in [9.17, 15) is 5.11 Å². The molecule has 0 aliphatic carbocycles. The molecule has 0 aliphatic rings. The SMILES string of the molecule is C#CCOc1cc(OC)ccc1[C@@H](C)O. The maximum Gasteiger partial charge on any atom is 0.148 e. The molecule has 0 unspecified atom stereocenters. The minimum Gasteiger partial charge on any atom is -0.497 e. The zero-order valence-corrected chi connectivity index (χ0v) is 8.86. The van der Waals surface area contributed by atoms with Crippen LogP contribution in [0.25, 0.3) is 0 Å². The van der Waals surface area contributed by atoms with Gasteiger partial charge in [0.2, 0.25) is 0 Å². The highest BCUT2D eigenvalue weighted by molar-refractivity contribution is 5.41. The molecule has 0 heterocycles. The Morgan fingerprint density at radius 1 is 1.53 bits per heavy atom. The van der Waals surface area contributed by atoms with Crippen LogP contribution in [-0.4, -0.2) is 18.8 Å². The molecule has 0 spiro atoms. The molecule has 0 bridgehead atoms. The predicted octanol–water partition coefficient (Wildman–Crippen LogP) is 1.76. The van der Waals surface area contributed by atoms with E-state index in [1.165, 1.54) is 0 Å². The van der Waals surface area contributed by atoms with E-state index in [0.29, 0.717) is 17.1 Å². The first-order chi connectivity index (χ1) is 7.19. The van der Waals surface area contributed by atoms with Crippen LogP contribution in [0, 0.1) is 12.3 Å². The van der Waals surface area contributed by atoms with E-state index in [-0.39, 0.29) is 6.61 Å². The number of terminal acetylenes is 1. The number of methoxy groups -OCH3 is 1. The third-order valence-corrected chi connectivity index (χ3v) is 1.98. The molecule has 0 amide bonds. The average molecular weight is 206 g/mol. The minimum atomic E-state index is -0.594. The number of hydrogen-bond donors (Lipinski definition) is 1. The highest BCUT2D eigenvalue weighted by Crippen LogP contribution is 2.29. The third kappa shape index (κ3) is 2.90. The predicted molar refractivity (Wildman–Crippen MR) is 58.0 cm³/mol. The van der Waals surface area contributed by atoms with Crippen LogP contribution in [0.5, 0.6) is 11.5 Å². The lowest BCUT2D eigenvalue weighted by Gasteiger charge is -2.13. The Kier molecular flexibility index (Phi) is 4.02. The van der Waals surface area contributed by atoms with Gasteiger partial charge < -0.3 is 14.6 Å². The van der Waals surface area contributed by atoms with Gasteiger partial charge in [-0.3, -0.25) is 0 Å². The maximum absolute atomic E-state index is 9.49. The van der Waals surface area contributed by atoms with E-state index in [1.807, 2.05) is 0 Å². The van der Waals surface area contributed by atoms with E-state index < -0.39 is 6.10 Å². The number of hydrogen-bond acceptors (Lipinski definition) is 3. The van der Waals surface area contributed by atoms with E-state index in [4.69, 9.17) is 15.9 Å². The van der Waals surface area contributed by atoms with Crippen LogP contribution < -0.4 is 9.47 Å². The molecule has 1 atom stereocenters. The maximum atomic E-state index is 9.49. The van der Waals surface area contributed by atoms with Crippen LogP contribution in [0.4, 0.5) is 0 Å². The average Bonchev–Trinajstić information content (AvgIpc) is 2.25. The second kappa shape index (κ2) is 5.28. The van der Waals surface area contributed by atoms with Crippen molar-refractivity contribution in [3.63, 3.8) is 0 Å². The van der Waals surface area contributed by atoms with Gasteiger partial charge >= 0.3 is 0 Å². The van der Waals surface area contributed by atoms with Gasteiger partial charge in [0.05, 0.1) is 13.2 Å². The molecular weight excluding hydrogens is 192 g/mol. The summed E-state index contributed by atoms with van der Waals surface area (Å²) in [5.74, 6) is 3.61. The Hall–Kier alpha value is -1.66. The molecule has 0 aromatic heterocycles. The quantitative estimate of drug-likeness (QED) is 0.763. The zero-order chi connectivity index (χ0) is 11.3. The van der Waals surface area contributed by atoms with Gasteiger partial charge in [0.25, 0.3) is 0 Å².